The Morgan fingerprint density at radius 3 is 2.35 bits per heavy atom. The van der Waals surface area contributed by atoms with Gasteiger partial charge in [-0.05, 0) is 43.3 Å². The SMILES string of the molecule is CC(=O)c1cccc(NC(=O)CNC(=O)c2ccc(Cl)cc2)c1. The van der Waals surface area contributed by atoms with Crippen LogP contribution in [0.15, 0.2) is 48.5 Å². The van der Waals surface area contributed by atoms with Gasteiger partial charge in [0.05, 0.1) is 6.54 Å². The summed E-state index contributed by atoms with van der Waals surface area (Å²) in [6.45, 7) is 1.28. The molecule has 0 radical (unpaired) electrons. The zero-order chi connectivity index (χ0) is 16.8. The van der Waals surface area contributed by atoms with E-state index < -0.39 is 0 Å². The number of carbonyl (C=O) groups is 3. The summed E-state index contributed by atoms with van der Waals surface area (Å²) < 4.78 is 0. The topological polar surface area (TPSA) is 75.3 Å². The van der Waals surface area contributed by atoms with Gasteiger partial charge in [-0.1, -0.05) is 23.7 Å². The molecule has 0 heterocycles. The van der Waals surface area contributed by atoms with E-state index >= 15 is 0 Å². The van der Waals surface area contributed by atoms with Crippen LogP contribution in [0.2, 0.25) is 5.02 Å². The molecular formula is C17H15ClN2O3. The standard InChI is InChI=1S/C17H15ClN2O3/c1-11(21)13-3-2-4-15(9-13)20-16(22)10-19-17(23)12-5-7-14(18)8-6-12/h2-9H,10H2,1H3,(H,19,23)(H,20,22). The molecule has 0 aromatic heterocycles. The van der Waals surface area contributed by atoms with Crippen molar-refractivity contribution in [1.29, 1.82) is 0 Å². The second kappa shape index (κ2) is 7.56. The Labute approximate surface area is 138 Å². The fraction of sp³-hybridized carbons (Fsp3) is 0.118. The fourth-order valence-electron chi connectivity index (χ4n) is 1.89. The molecule has 6 heteroatoms. The smallest absolute Gasteiger partial charge is 0.251 e. The minimum Gasteiger partial charge on any atom is -0.343 e. The maximum absolute atomic E-state index is 11.9. The molecule has 2 N–H and O–H groups in total. The molecule has 5 nitrogen and oxygen atoms in total. The van der Waals surface area contributed by atoms with Crippen molar-refractivity contribution < 1.29 is 14.4 Å². The predicted molar refractivity (Wildman–Crippen MR) is 88.9 cm³/mol. The van der Waals surface area contributed by atoms with Crippen LogP contribution in [-0.2, 0) is 4.79 Å². The minimum absolute atomic E-state index is 0.0860. The van der Waals surface area contributed by atoms with Crippen LogP contribution in [0.4, 0.5) is 5.69 Å². The first-order valence-corrected chi connectivity index (χ1v) is 7.28. The zero-order valence-electron chi connectivity index (χ0n) is 12.4. The monoisotopic (exact) mass is 330 g/mol. The van der Waals surface area contributed by atoms with Crippen LogP contribution >= 0.6 is 11.6 Å². The normalized spacial score (nSPS) is 10.0. The van der Waals surface area contributed by atoms with Gasteiger partial charge in [-0.25, -0.2) is 0 Å². The fourth-order valence-corrected chi connectivity index (χ4v) is 2.01. The van der Waals surface area contributed by atoms with E-state index in [1.54, 1.807) is 48.5 Å². The van der Waals surface area contributed by atoms with Gasteiger partial charge in [-0.3, -0.25) is 14.4 Å². The summed E-state index contributed by atoms with van der Waals surface area (Å²) >= 11 is 5.75. The van der Waals surface area contributed by atoms with Crippen LogP contribution in [0.1, 0.15) is 27.6 Å². The van der Waals surface area contributed by atoms with Crippen molar-refractivity contribution in [3.8, 4) is 0 Å². The first-order chi connectivity index (χ1) is 11.0. The molecule has 0 aliphatic carbocycles. The number of amides is 2. The van der Waals surface area contributed by atoms with Gasteiger partial charge in [0.1, 0.15) is 0 Å². The first kappa shape index (κ1) is 16.7. The molecule has 0 saturated carbocycles. The molecule has 2 aromatic carbocycles. The van der Waals surface area contributed by atoms with Crippen molar-refractivity contribution >= 4 is 34.9 Å². The Hall–Kier alpha value is -2.66. The molecule has 0 unspecified atom stereocenters. The lowest BCUT2D eigenvalue weighted by Crippen LogP contribution is -2.32. The van der Waals surface area contributed by atoms with E-state index in [1.165, 1.54) is 6.92 Å². The molecule has 0 aliphatic rings. The third-order valence-corrected chi connectivity index (χ3v) is 3.32. The Morgan fingerprint density at radius 2 is 1.70 bits per heavy atom. The third-order valence-electron chi connectivity index (χ3n) is 3.07. The molecular weight excluding hydrogens is 316 g/mol. The number of hydrogen-bond acceptors (Lipinski definition) is 3. The second-order valence-corrected chi connectivity index (χ2v) is 5.31. The molecule has 118 valence electrons. The molecule has 0 spiro atoms. The van der Waals surface area contributed by atoms with E-state index in [1.807, 2.05) is 0 Å². The largest absolute Gasteiger partial charge is 0.343 e. The van der Waals surface area contributed by atoms with Crippen LogP contribution in [0.3, 0.4) is 0 Å². The maximum Gasteiger partial charge on any atom is 0.251 e. The van der Waals surface area contributed by atoms with Crippen LogP contribution in [0, 0.1) is 0 Å². The van der Waals surface area contributed by atoms with E-state index in [4.69, 9.17) is 11.6 Å². The van der Waals surface area contributed by atoms with Crippen molar-refractivity contribution in [1.82, 2.24) is 5.32 Å². The van der Waals surface area contributed by atoms with Gasteiger partial charge >= 0.3 is 0 Å². The maximum atomic E-state index is 11.9. The van der Waals surface area contributed by atoms with Crippen LogP contribution in [0.5, 0.6) is 0 Å². The van der Waals surface area contributed by atoms with Crippen molar-refractivity contribution in [3.05, 3.63) is 64.7 Å². The number of ketones is 1. The van der Waals surface area contributed by atoms with E-state index in [9.17, 15) is 14.4 Å². The molecule has 0 aliphatic heterocycles. The van der Waals surface area contributed by atoms with Crippen LogP contribution in [0.25, 0.3) is 0 Å². The van der Waals surface area contributed by atoms with Crippen LogP contribution < -0.4 is 10.6 Å². The number of halogens is 1. The van der Waals surface area contributed by atoms with Crippen LogP contribution in [-0.4, -0.2) is 24.1 Å². The van der Waals surface area contributed by atoms with E-state index in [2.05, 4.69) is 10.6 Å². The molecule has 2 rings (SSSR count). The van der Waals surface area contributed by atoms with Gasteiger partial charge < -0.3 is 10.6 Å². The predicted octanol–water partition coefficient (Wildman–Crippen LogP) is 2.91. The van der Waals surface area contributed by atoms with Gasteiger partial charge in [-0.2, -0.15) is 0 Å². The molecule has 2 amide bonds. The number of rotatable bonds is 5. The Morgan fingerprint density at radius 1 is 1.00 bits per heavy atom. The number of carbonyl (C=O) groups excluding carboxylic acids is 3. The van der Waals surface area contributed by atoms with Crippen molar-refractivity contribution in [2.24, 2.45) is 0 Å². The minimum atomic E-state index is -0.381. The number of Topliss-reactive ketones (excluding diaryl/α,β-unsaturated/α-hetero) is 1. The lowest BCUT2D eigenvalue weighted by molar-refractivity contribution is -0.115. The third kappa shape index (κ3) is 4.93. The molecule has 0 atom stereocenters. The van der Waals surface area contributed by atoms with Gasteiger partial charge in [-0.15, -0.1) is 0 Å². The van der Waals surface area contributed by atoms with Crippen molar-refractivity contribution in [3.63, 3.8) is 0 Å². The Bertz CT molecular complexity index is 742. The molecule has 23 heavy (non-hydrogen) atoms. The molecule has 0 saturated heterocycles. The summed E-state index contributed by atoms with van der Waals surface area (Å²) in [7, 11) is 0. The summed E-state index contributed by atoms with van der Waals surface area (Å²) in [4.78, 5) is 35.0. The average Bonchev–Trinajstić information content (AvgIpc) is 2.53. The first-order valence-electron chi connectivity index (χ1n) is 6.90. The quantitative estimate of drug-likeness (QED) is 0.828. The lowest BCUT2D eigenvalue weighted by Gasteiger charge is -2.08. The molecule has 2 aromatic rings. The number of anilines is 1. The summed E-state index contributed by atoms with van der Waals surface area (Å²) in [5.74, 6) is -0.834. The number of benzene rings is 2. The van der Waals surface area contributed by atoms with Gasteiger partial charge in [0.15, 0.2) is 5.78 Å². The highest BCUT2D eigenvalue weighted by Crippen LogP contribution is 2.11. The van der Waals surface area contributed by atoms with Crippen molar-refractivity contribution in [2.75, 3.05) is 11.9 Å². The van der Waals surface area contributed by atoms with Gasteiger partial charge in [0, 0.05) is 21.8 Å². The van der Waals surface area contributed by atoms with E-state index in [-0.39, 0.29) is 24.1 Å². The summed E-state index contributed by atoms with van der Waals surface area (Å²) in [5.41, 5.74) is 1.43. The second-order valence-electron chi connectivity index (χ2n) is 4.87. The Kier molecular flexibility index (Phi) is 5.49. The van der Waals surface area contributed by atoms with E-state index in [0.29, 0.717) is 21.8 Å². The van der Waals surface area contributed by atoms with Gasteiger partial charge in [0.25, 0.3) is 5.91 Å². The molecule has 0 fully saturated rings. The van der Waals surface area contributed by atoms with Gasteiger partial charge in [0.2, 0.25) is 5.91 Å². The number of nitrogens with one attached hydrogen (secondary N) is 2. The summed E-state index contributed by atoms with van der Waals surface area (Å²) in [5, 5.41) is 5.67. The lowest BCUT2D eigenvalue weighted by atomic mass is 10.1. The summed E-state index contributed by atoms with van der Waals surface area (Å²) in [6.07, 6.45) is 0. The average molecular weight is 331 g/mol. The number of hydrogen-bond donors (Lipinski definition) is 2. The Balaban J connectivity index is 1.90. The highest BCUT2D eigenvalue weighted by Gasteiger charge is 2.09. The summed E-state index contributed by atoms with van der Waals surface area (Å²) in [6, 6.07) is 13.0. The van der Waals surface area contributed by atoms with E-state index in [0.717, 1.165) is 0 Å². The zero-order valence-corrected chi connectivity index (χ0v) is 13.2. The van der Waals surface area contributed by atoms with Crippen molar-refractivity contribution in [2.45, 2.75) is 6.92 Å². The highest BCUT2D eigenvalue weighted by molar-refractivity contribution is 6.30. The molecule has 0 bridgehead atoms. The highest BCUT2D eigenvalue weighted by atomic mass is 35.5.